The Balaban J connectivity index is 2.09. The Bertz CT molecular complexity index is 514. The molecule has 0 aliphatic rings. The molecule has 0 radical (unpaired) electrons. The number of benzene rings is 1. The molecule has 0 saturated heterocycles. The van der Waals surface area contributed by atoms with Crippen molar-refractivity contribution in [3.63, 3.8) is 0 Å². The third-order valence-electron chi connectivity index (χ3n) is 2.57. The highest BCUT2D eigenvalue weighted by molar-refractivity contribution is 5.20. The van der Waals surface area contributed by atoms with E-state index in [0.717, 1.165) is 30.2 Å². The van der Waals surface area contributed by atoms with Crippen molar-refractivity contribution in [2.75, 3.05) is 6.54 Å². The van der Waals surface area contributed by atoms with E-state index in [1.54, 1.807) is 12.3 Å². The molecular weight excluding hydrogens is 229 g/mol. The van der Waals surface area contributed by atoms with Crippen molar-refractivity contribution in [1.82, 2.24) is 15.3 Å². The maximum atomic E-state index is 13.1. The number of hydrogen-bond donors (Lipinski definition) is 1. The van der Waals surface area contributed by atoms with Gasteiger partial charge < -0.3 is 5.32 Å². The van der Waals surface area contributed by atoms with E-state index >= 15 is 0 Å². The lowest BCUT2D eigenvalue weighted by atomic mass is 10.1. The van der Waals surface area contributed by atoms with Gasteiger partial charge in [0.2, 0.25) is 0 Å². The van der Waals surface area contributed by atoms with Crippen LogP contribution in [-0.2, 0) is 13.0 Å². The number of hydrogen-bond acceptors (Lipinski definition) is 3. The topological polar surface area (TPSA) is 37.8 Å². The smallest absolute Gasteiger partial charge is 0.132 e. The van der Waals surface area contributed by atoms with Crippen molar-refractivity contribution < 1.29 is 4.39 Å². The van der Waals surface area contributed by atoms with Crippen LogP contribution in [0.3, 0.4) is 0 Å². The summed E-state index contributed by atoms with van der Waals surface area (Å²) in [4.78, 5) is 8.65. The second kappa shape index (κ2) is 6.21. The van der Waals surface area contributed by atoms with Crippen LogP contribution in [0.4, 0.5) is 4.39 Å². The van der Waals surface area contributed by atoms with Gasteiger partial charge >= 0.3 is 0 Å². The maximum absolute atomic E-state index is 13.1. The fraction of sp³-hybridized carbons (Fsp3) is 0.286. The second-order valence-electron chi connectivity index (χ2n) is 4.05. The van der Waals surface area contributed by atoms with Gasteiger partial charge in [0.25, 0.3) is 0 Å². The second-order valence-corrected chi connectivity index (χ2v) is 4.05. The summed E-state index contributed by atoms with van der Waals surface area (Å²) < 4.78 is 13.1. The van der Waals surface area contributed by atoms with E-state index in [4.69, 9.17) is 0 Å². The van der Waals surface area contributed by atoms with Crippen LogP contribution in [0.5, 0.6) is 0 Å². The highest BCUT2D eigenvalue weighted by Gasteiger charge is 2.02. The molecule has 0 spiro atoms. The van der Waals surface area contributed by atoms with Gasteiger partial charge in [0.1, 0.15) is 11.6 Å². The van der Waals surface area contributed by atoms with Crippen molar-refractivity contribution in [2.45, 2.75) is 19.9 Å². The molecule has 0 fully saturated rings. The number of nitrogens with zero attached hydrogens (tertiary/aromatic N) is 2. The maximum Gasteiger partial charge on any atom is 0.132 e. The Morgan fingerprint density at radius 3 is 2.94 bits per heavy atom. The number of rotatable bonds is 5. The Morgan fingerprint density at radius 2 is 2.17 bits per heavy atom. The summed E-state index contributed by atoms with van der Waals surface area (Å²) >= 11 is 0. The molecule has 0 aliphatic heterocycles. The van der Waals surface area contributed by atoms with Gasteiger partial charge in [0.15, 0.2) is 0 Å². The first-order chi connectivity index (χ1) is 8.78. The van der Waals surface area contributed by atoms with Gasteiger partial charge in [0.05, 0.1) is 5.69 Å². The molecule has 0 atom stereocenters. The molecule has 2 rings (SSSR count). The zero-order valence-corrected chi connectivity index (χ0v) is 10.4. The first-order valence-electron chi connectivity index (χ1n) is 6.04. The molecule has 1 N–H and O–H groups in total. The van der Waals surface area contributed by atoms with Crippen LogP contribution in [-0.4, -0.2) is 16.5 Å². The van der Waals surface area contributed by atoms with Crippen molar-refractivity contribution in [3.05, 3.63) is 59.4 Å². The Kier molecular flexibility index (Phi) is 4.36. The summed E-state index contributed by atoms with van der Waals surface area (Å²) in [6.45, 7) is 3.69. The Labute approximate surface area is 106 Å². The van der Waals surface area contributed by atoms with Crippen LogP contribution < -0.4 is 5.32 Å². The van der Waals surface area contributed by atoms with Crippen LogP contribution in [0.1, 0.15) is 24.0 Å². The third-order valence-corrected chi connectivity index (χ3v) is 2.57. The van der Waals surface area contributed by atoms with E-state index in [-0.39, 0.29) is 5.82 Å². The third kappa shape index (κ3) is 3.60. The van der Waals surface area contributed by atoms with Crippen molar-refractivity contribution >= 4 is 0 Å². The molecular formula is C14H16FN3. The lowest BCUT2D eigenvalue weighted by Gasteiger charge is -2.04. The van der Waals surface area contributed by atoms with Crippen LogP contribution >= 0.6 is 0 Å². The Hall–Kier alpha value is -1.81. The minimum atomic E-state index is -0.226. The molecule has 18 heavy (non-hydrogen) atoms. The van der Waals surface area contributed by atoms with Crippen LogP contribution in [0.25, 0.3) is 0 Å². The predicted molar refractivity (Wildman–Crippen MR) is 68.6 cm³/mol. The molecule has 0 aliphatic carbocycles. The van der Waals surface area contributed by atoms with Crippen LogP contribution in [0.2, 0.25) is 0 Å². The standard InChI is InChI=1S/C14H16FN3/c1-2-16-10-13-6-7-17-14(18-13)9-11-4-3-5-12(15)8-11/h3-8,16H,2,9-10H2,1H3. The zero-order valence-electron chi connectivity index (χ0n) is 10.4. The Morgan fingerprint density at radius 1 is 1.28 bits per heavy atom. The minimum absolute atomic E-state index is 0.226. The average molecular weight is 245 g/mol. The van der Waals surface area contributed by atoms with Gasteiger partial charge in [-0.3, -0.25) is 0 Å². The van der Waals surface area contributed by atoms with Crippen molar-refractivity contribution in [3.8, 4) is 0 Å². The van der Waals surface area contributed by atoms with Gasteiger partial charge in [-0.25, -0.2) is 14.4 Å². The van der Waals surface area contributed by atoms with E-state index in [2.05, 4.69) is 22.2 Å². The van der Waals surface area contributed by atoms with E-state index in [9.17, 15) is 4.39 Å². The molecule has 1 aromatic carbocycles. The van der Waals surface area contributed by atoms with E-state index in [1.807, 2.05) is 12.1 Å². The molecule has 0 saturated carbocycles. The fourth-order valence-electron chi connectivity index (χ4n) is 1.71. The molecule has 1 aromatic heterocycles. The monoisotopic (exact) mass is 245 g/mol. The molecule has 2 aromatic rings. The largest absolute Gasteiger partial charge is 0.311 e. The first kappa shape index (κ1) is 12.6. The normalized spacial score (nSPS) is 10.6. The van der Waals surface area contributed by atoms with Crippen molar-refractivity contribution in [1.29, 1.82) is 0 Å². The highest BCUT2D eigenvalue weighted by atomic mass is 19.1. The van der Waals surface area contributed by atoms with Gasteiger partial charge in [-0.2, -0.15) is 0 Å². The SMILES string of the molecule is CCNCc1ccnc(Cc2cccc(F)c2)n1. The lowest BCUT2D eigenvalue weighted by Crippen LogP contribution is -2.13. The molecule has 0 unspecified atom stereocenters. The number of halogens is 1. The van der Waals surface area contributed by atoms with E-state index in [1.165, 1.54) is 12.1 Å². The molecule has 0 amide bonds. The molecule has 4 heteroatoms. The molecule has 94 valence electrons. The van der Waals surface area contributed by atoms with E-state index < -0.39 is 0 Å². The quantitative estimate of drug-likeness (QED) is 0.878. The van der Waals surface area contributed by atoms with Crippen LogP contribution in [0.15, 0.2) is 36.5 Å². The highest BCUT2D eigenvalue weighted by Crippen LogP contribution is 2.08. The summed E-state index contributed by atoms with van der Waals surface area (Å²) in [6.07, 6.45) is 2.30. The summed E-state index contributed by atoms with van der Waals surface area (Å²) in [5.41, 5.74) is 1.84. The molecule has 1 heterocycles. The van der Waals surface area contributed by atoms with E-state index in [0.29, 0.717) is 6.42 Å². The predicted octanol–water partition coefficient (Wildman–Crippen LogP) is 2.32. The summed E-state index contributed by atoms with van der Waals surface area (Å²) in [5, 5.41) is 3.21. The summed E-state index contributed by atoms with van der Waals surface area (Å²) in [5.74, 6) is 0.493. The van der Waals surface area contributed by atoms with Crippen molar-refractivity contribution in [2.24, 2.45) is 0 Å². The number of nitrogens with one attached hydrogen (secondary N) is 1. The van der Waals surface area contributed by atoms with Gasteiger partial charge in [-0.05, 0) is 30.3 Å². The lowest BCUT2D eigenvalue weighted by molar-refractivity contribution is 0.625. The molecule has 0 bridgehead atoms. The fourth-order valence-corrected chi connectivity index (χ4v) is 1.71. The summed E-state index contributed by atoms with van der Waals surface area (Å²) in [7, 11) is 0. The number of aromatic nitrogens is 2. The van der Waals surface area contributed by atoms with Gasteiger partial charge in [-0.1, -0.05) is 19.1 Å². The summed E-state index contributed by atoms with van der Waals surface area (Å²) in [6, 6.07) is 8.42. The minimum Gasteiger partial charge on any atom is -0.311 e. The van der Waals surface area contributed by atoms with Crippen LogP contribution in [0, 0.1) is 5.82 Å². The van der Waals surface area contributed by atoms with Gasteiger partial charge in [-0.15, -0.1) is 0 Å². The zero-order chi connectivity index (χ0) is 12.8. The molecule has 3 nitrogen and oxygen atoms in total. The van der Waals surface area contributed by atoms with Gasteiger partial charge in [0, 0.05) is 19.2 Å². The average Bonchev–Trinajstić information content (AvgIpc) is 2.37. The first-order valence-corrected chi connectivity index (χ1v) is 6.04.